The number of carbonyl (C=O) groups is 1. The van der Waals surface area contributed by atoms with Crippen LogP contribution in [0.5, 0.6) is 5.75 Å². The predicted octanol–water partition coefficient (Wildman–Crippen LogP) is 4.40. The minimum absolute atomic E-state index is 0.0193. The molecule has 1 heterocycles. The second-order valence-corrected chi connectivity index (χ2v) is 6.45. The molecule has 0 fully saturated rings. The van der Waals surface area contributed by atoms with Crippen LogP contribution in [0.3, 0.4) is 0 Å². The Morgan fingerprint density at radius 2 is 2.05 bits per heavy atom. The summed E-state index contributed by atoms with van der Waals surface area (Å²) in [6, 6.07) is 10.3. The van der Waals surface area contributed by atoms with E-state index in [2.05, 4.69) is 37.2 Å². The van der Waals surface area contributed by atoms with Crippen molar-refractivity contribution in [3.63, 3.8) is 0 Å². The highest BCUT2D eigenvalue weighted by Crippen LogP contribution is 2.37. The number of benzene rings is 2. The molecule has 108 valence electrons. The number of hydrogen-bond donors (Lipinski definition) is 1. The Hall–Kier alpha value is -1.40. The minimum Gasteiger partial charge on any atom is -0.482 e. The Balaban J connectivity index is 1.96. The lowest BCUT2D eigenvalue weighted by Gasteiger charge is -2.20. The van der Waals surface area contributed by atoms with Crippen LogP contribution in [0.2, 0.25) is 0 Å². The van der Waals surface area contributed by atoms with Gasteiger partial charge in [0.2, 0.25) is 0 Å². The standard InChI is InChI=1S/C15H10Br2FNO2/c16-9-2-3-10(11(18)6-9)15(17)8-1-4-13-12(5-8)19-14(20)7-21-13/h1-6,15H,7H2,(H,19,20). The summed E-state index contributed by atoms with van der Waals surface area (Å²) >= 11 is 6.74. The Bertz CT molecular complexity index is 721. The van der Waals surface area contributed by atoms with Crippen molar-refractivity contribution >= 4 is 43.5 Å². The van der Waals surface area contributed by atoms with E-state index in [4.69, 9.17) is 4.74 Å². The van der Waals surface area contributed by atoms with Crippen molar-refractivity contribution in [2.45, 2.75) is 4.83 Å². The third kappa shape index (κ3) is 2.96. The van der Waals surface area contributed by atoms with Gasteiger partial charge in [0.15, 0.2) is 6.61 Å². The molecule has 3 rings (SSSR count). The fourth-order valence-corrected chi connectivity index (χ4v) is 3.13. The summed E-state index contributed by atoms with van der Waals surface area (Å²) in [6.07, 6.45) is 0. The Morgan fingerprint density at radius 3 is 2.81 bits per heavy atom. The number of amides is 1. The van der Waals surface area contributed by atoms with Crippen LogP contribution in [0.4, 0.5) is 10.1 Å². The van der Waals surface area contributed by atoms with Crippen LogP contribution >= 0.6 is 31.9 Å². The van der Waals surface area contributed by atoms with Crippen LogP contribution in [0, 0.1) is 5.82 Å². The van der Waals surface area contributed by atoms with Crippen molar-refractivity contribution in [3.8, 4) is 5.75 Å². The van der Waals surface area contributed by atoms with Gasteiger partial charge in [-0.1, -0.05) is 44.0 Å². The van der Waals surface area contributed by atoms with Crippen LogP contribution in [-0.4, -0.2) is 12.5 Å². The summed E-state index contributed by atoms with van der Waals surface area (Å²) in [4.78, 5) is 11.0. The summed E-state index contributed by atoms with van der Waals surface area (Å²) in [5.74, 6) is 0.124. The van der Waals surface area contributed by atoms with Gasteiger partial charge in [0.05, 0.1) is 10.5 Å². The van der Waals surface area contributed by atoms with E-state index in [1.807, 2.05) is 6.07 Å². The molecule has 2 aromatic carbocycles. The van der Waals surface area contributed by atoms with Gasteiger partial charge in [-0.05, 0) is 29.8 Å². The molecule has 2 aromatic rings. The summed E-state index contributed by atoms with van der Waals surface area (Å²) in [5.41, 5.74) is 1.97. The molecule has 6 heteroatoms. The molecule has 21 heavy (non-hydrogen) atoms. The lowest BCUT2D eigenvalue weighted by Crippen LogP contribution is -2.25. The lowest BCUT2D eigenvalue weighted by atomic mass is 10.0. The van der Waals surface area contributed by atoms with Crippen LogP contribution in [0.25, 0.3) is 0 Å². The molecule has 1 aliphatic rings. The molecule has 0 aliphatic carbocycles. The number of ether oxygens (including phenoxy) is 1. The molecule has 1 aliphatic heterocycles. The van der Waals surface area contributed by atoms with Gasteiger partial charge in [-0.3, -0.25) is 4.79 Å². The number of fused-ring (bicyclic) bond motifs is 1. The highest BCUT2D eigenvalue weighted by molar-refractivity contribution is 9.10. The van der Waals surface area contributed by atoms with Crippen LogP contribution in [0.15, 0.2) is 40.9 Å². The average molecular weight is 415 g/mol. The van der Waals surface area contributed by atoms with Gasteiger partial charge in [0, 0.05) is 10.0 Å². The van der Waals surface area contributed by atoms with Gasteiger partial charge in [-0.25, -0.2) is 4.39 Å². The molecule has 0 saturated carbocycles. The molecule has 1 amide bonds. The quantitative estimate of drug-likeness (QED) is 0.739. The maximum absolute atomic E-state index is 14.0. The largest absolute Gasteiger partial charge is 0.482 e. The maximum atomic E-state index is 14.0. The molecule has 0 aromatic heterocycles. The number of alkyl halides is 1. The molecule has 1 N–H and O–H groups in total. The first-order chi connectivity index (χ1) is 10.0. The van der Waals surface area contributed by atoms with Crippen molar-refractivity contribution in [1.82, 2.24) is 0 Å². The minimum atomic E-state index is -0.310. The second kappa shape index (κ2) is 5.77. The number of carbonyl (C=O) groups excluding carboxylic acids is 1. The Labute approximate surface area is 137 Å². The highest BCUT2D eigenvalue weighted by Gasteiger charge is 2.20. The molecule has 3 nitrogen and oxygen atoms in total. The van der Waals surface area contributed by atoms with Gasteiger partial charge >= 0.3 is 0 Å². The topological polar surface area (TPSA) is 38.3 Å². The normalized spacial score (nSPS) is 14.9. The second-order valence-electron chi connectivity index (χ2n) is 4.62. The smallest absolute Gasteiger partial charge is 0.262 e. The van der Waals surface area contributed by atoms with E-state index in [1.165, 1.54) is 6.07 Å². The first-order valence-corrected chi connectivity index (χ1v) is 7.91. The lowest BCUT2D eigenvalue weighted by molar-refractivity contribution is -0.118. The summed E-state index contributed by atoms with van der Waals surface area (Å²) in [6.45, 7) is 0.0193. The zero-order valence-corrected chi connectivity index (χ0v) is 13.9. The summed E-state index contributed by atoms with van der Waals surface area (Å²) in [7, 11) is 0. The first-order valence-electron chi connectivity index (χ1n) is 6.20. The molecule has 0 bridgehead atoms. The summed E-state index contributed by atoms with van der Waals surface area (Å²) < 4.78 is 20.0. The van der Waals surface area contributed by atoms with E-state index in [-0.39, 0.29) is 23.2 Å². The molecule has 0 radical (unpaired) electrons. The number of anilines is 1. The van der Waals surface area contributed by atoms with Crippen molar-refractivity contribution in [2.24, 2.45) is 0 Å². The Morgan fingerprint density at radius 1 is 1.24 bits per heavy atom. The Kier molecular flexibility index (Phi) is 3.99. The van der Waals surface area contributed by atoms with E-state index in [0.717, 1.165) is 5.56 Å². The van der Waals surface area contributed by atoms with Gasteiger partial charge in [-0.15, -0.1) is 0 Å². The molecular formula is C15H10Br2FNO2. The zero-order chi connectivity index (χ0) is 15.0. The fourth-order valence-electron chi connectivity index (χ4n) is 2.14. The number of nitrogens with one attached hydrogen (secondary N) is 1. The van der Waals surface area contributed by atoms with Crippen LogP contribution in [-0.2, 0) is 4.79 Å². The van der Waals surface area contributed by atoms with E-state index >= 15 is 0 Å². The van der Waals surface area contributed by atoms with E-state index in [1.54, 1.807) is 24.3 Å². The molecule has 1 unspecified atom stereocenters. The fraction of sp³-hybridized carbons (Fsp3) is 0.133. The van der Waals surface area contributed by atoms with Crippen LogP contribution in [0.1, 0.15) is 16.0 Å². The number of rotatable bonds is 2. The number of halogens is 3. The van der Waals surface area contributed by atoms with Crippen molar-refractivity contribution < 1.29 is 13.9 Å². The van der Waals surface area contributed by atoms with E-state index in [9.17, 15) is 9.18 Å². The summed E-state index contributed by atoms with van der Waals surface area (Å²) in [5, 5.41) is 2.74. The average Bonchev–Trinajstić information content (AvgIpc) is 2.46. The first kappa shape index (κ1) is 14.5. The van der Waals surface area contributed by atoms with Crippen molar-refractivity contribution in [2.75, 3.05) is 11.9 Å². The number of hydrogen-bond acceptors (Lipinski definition) is 2. The van der Waals surface area contributed by atoms with Gasteiger partial charge in [0.25, 0.3) is 5.91 Å². The van der Waals surface area contributed by atoms with E-state index in [0.29, 0.717) is 21.5 Å². The SMILES string of the molecule is O=C1COc2ccc(C(Br)c3ccc(Br)cc3F)cc2N1. The van der Waals surface area contributed by atoms with Gasteiger partial charge < -0.3 is 10.1 Å². The molecule has 1 atom stereocenters. The monoisotopic (exact) mass is 413 g/mol. The molecular weight excluding hydrogens is 405 g/mol. The molecule has 0 spiro atoms. The predicted molar refractivity (Wildman–Crippen MR) is 85.4 cm³/mol. The third-order valence-corrected chi connectivity index (χ3v) is 4.68. The highest BCUT2D eigenvalue weighted by atomic mass is 79.9. The van der Waals surface area contributed by atoms with Crippen LogP contribution < -0.4 is 10.1 Å². The van der Waals surface area contributed by atoms with E-state index < -0.39 is 0 Å². The third-order valence-electron chi connectivity index (χ3n) is 3.16. The van der Waals surface area contributed by atoms with Gasteiger partial charge in [0.1, 0.15) is 11.6 Å². The maximum Gasteiger partial charge on any atom is 0.262 e. The molecule has 0 saturated heterocycles. The zero-order valence-electron chi connectivity index (χ0n) is 10.7. The van der Waals surface area contributed by atoms with Crippen molar-refractivity contribution in [3.05, 3.63) is 57.8 Å². The van der Waals surface area contributed by atoms with Crippen molar-refractivity contribution in [1.29, 1.82) is 0 Å². The van der Waals surface area contributed by atoms with Gasteiger partial charge in [-0.2, -0.15) is 0 Å².